The summed E-state index contributed by atoms with van der Waals surface area (Å²) in [6.45, 7) is 1.59. The van der Waals surface area contributed by atoms with Crippen LogP contribution < -0.4 is 9.04 Å². The van der Waals surface area contributed by atoms with Crippen molar-refractivity contribution in [1.82, 2.24) is 0 Å². The van der Waals surface area contributed by atoms with Gasteiger partial charge < -0.3 is 14.2 Å². The van der Waals surface area contributed by atoms with Gasteiger partial charge in [-0.25, -0.2) is 13.2 Å². The molecule has 1 aliphatic rings. The van der Waals surface area contributed by atoms with Gasteiger partial charge in [0.25, 0.3) is 10.0 Å². The van der Waals surface area contributed by atoms with Crippen LogP contribution in [-0.2, 0) is 35.5 Å². The highest BCUT2D eigenvalue weighted by atomic mass is 32.2. The summed E-state index contributed by atoms with van der Waals surface area (Å²) in [6.07, 6.45) is -1.12. The second-order valence-corrected chi connectivity index (χ2v) is 8.92. The molecule has 0 N–H and O–H groups in total. The van der Waals surface area contributed by atoms with Gasteiger partial charge >= 0.3 is 11.9 Å². The summed E-state index contributed by atoms with van der Waals surface area (Å²) in [5.74, 6) is -0.912. The summed E-state index contributed by atoms with van der Waals surface area (Å²) >= 11 is 1.08. The van der Waals surface area contributed by atoms with Gasteiger partial charge in [-0.1, -0.05) is 12.1 Å². The number of methoxy groups -OCH3 is 1. The predicted molar refractivity (Wildman–Crippen MR) is 102 cm³/mol. The van der Waals surface area contributed by atoms with E-state index in [0.29, 0.717) is 11.3 Å². The molecule has 1 unspecified atom stereocenters. The first kappa shape index (κ1) is 20.2. The Labute approximate surface area is 166 Å². The number of ether oxygens (including phenoxy) is 3. The van der Waals surface area contributed by atoms with Crippen molar-refractivity contribution in [3.05, 3.63) is 41.3 Å². The molecule has 0 radical (unpaired) electrons. The number of carbonyl (C=O) groups is 2. The van der Waals surface area contributed by atoms with Crippen molar-refractivity contribution >= 4 is 39.0 Å². The molecule has 2 aromatic rings. The standard InChI is InChI=1S/C18H19NO7S2/c1-3-25-18(21)15-11-19(28(22,23)17-5-4-8-27-17)13-7-6-12(9-14(13)26-15)10-16(20)24-2/h4-9,15H,3,10-11H2,1-2H3. The first-order valence-corrected chi connectivity index (χ1v) is 10.8. The third kappa shape index (κ3) is 3.97. The topological polar surface area (TPSA) is 99.2 Å². The van der Waals surface area contributed by atoms with Gasteiger partial charge in [0.05, 0.1) is 32.4 Å². The number of fused-ring (bicyclic) bond motifs is 1. The number of hydrogen-bond acceptors (Lipinski definition) is 8. The molecule has 1 aliphatic heterocycles. The van der Waals surface area contributed by atoms with Gasteiger partial charge in [-0.3, -0.25) is 9.10 Å². The Bertz CT molecular complexity index is 970. The van der Waals surface area contributed by atoms with Gasteiger partial charge in [0.1, 0.15) is 9.96 Å². The third-order valence-electron chi connectivity index (χ3n) is 4.06. The number of anilines is 1. The smallest absolute Gasteiger partial charge is 0.349 e. The normalized spacial score (nSPS) is 16.1. The van der Waals surface area contributed by atoms with E-state index in [4.69, 9.17) is 9.47 Å². The molecule has 3 rings (SSSR count). The summed E-state index contributed by atoms with van der Waals surface area (Å²) < 4.78 is 42.9. The predicted octanol–water partition coefficient (Wildman–Crippen LogP) is 1.98. The minimum Gasteiger partial charge on any atom is -0.475 e. The fourth-order valence-corrected chi connectivity index (χ4v) is 5.33. The Kier molecular flexibility index (Phi) is 5.90. The van der Waals surface area contributed by atoms with Crippen LogP contribution in [0.1, 0.15) is 12.5 Å². The SMILES string of the molecule is CCOC(=O)C1CN(S(=O)(=O)c2cccs2)c2ccc(CC(=O)OC)cc2O1. The first-order chi connectivity index (χ1) is 13.4. The molecule has 0 fully saturated rings. The van der Waals surface area contributed by atoms with Crippen molar-refractivity contribution in [2.45, 2.75) is 23.7 Å². The molecular formula is C18H19NO7S2. The van der Waals surface area contributed by atoms with Gasteiger partial charge in [0, 0.05) is 0 Å². The Hall–Kier alpha value is -2.59. The number of esters is 2. The number of hydrogen-bond donors (Lipinski definition) is 0. The van der Waals surface area contributed by atoms with Crippen molar-refractivity contribution < 1.29 is 32.2 Å². The van der Waals surface area contributed by atoms with E-state index in [9.17, 15) is 18.0 Å². The minimum atomic E-state index is -3.88. The maximum absolute atomic E-state index is 13.1. The average Bonchev–Trinajstić information content (AvgIpc) is 3.22. The molecule has 1 aromatic carbocycles. The summed E-state index contributed by atoms with van der Waals surface area (Å²) in [6, 6.07) is 7.86. The maximum Gasteiger partial charge on any atom is 0.349 e. The number of benzene rings is 1. The van der Waals surface area contributed by atoms with E-state index in [2.05, 4.69) is 4.74 Å². The first-order valence-electron chi connectivity index (χ1n) is 8.46. The number of nitrogens with zero attached hydrogens (tertiary/aromatic N) is 1. The maximum atomic E-state index is 13.1. The molecule has 28 heavy (non-hydrogen) atoms. The average molecular weight is 425 g/mol. The van der Waals surface area contributed by atoms with Crippen molar-refractivity contribution in [2.75, 3.05) is 24.6 Å². The van der Waals surface area contributed by atoms with Crippen molar-refractivity contribution in [3.8, 4) is 5.75 Å². The lowest BCUT2D eigenvalue weighted by atomic mass is 10.1. The van der Waals surface area contributed by atoms with Crippen molar-refractivity contribution in [3.63, 3.8) is 0 Å². The lowest BCUT2D eigenvalue weighted by Crippen LogP contribution is -2.47. The highest BCUT2D eigenvalue weighted by Gasteiger charge is 2.38. The molecule has 0 bridgehead atoms. The lowest BCUT2D eigenvalue weighted by Gasteiger charge is -2.34. The van der Waals surface area contributed by atoms with Crippen LogP contribution >= 0.6 is 11.3 Å². The van der Waals surface area contributed by atoms with E-state index in [1.807, 2.05) is 0 Å². The highest BCUT2D eigenvalue weighted by Crippen LogP contribution is 2.38. The summed E-state index contributed by atoms with van der Waals surface area (Å²) in [5.41, 5.74) is 0.867. The van der Waals surface area contributed by atoms with Crippen LogP contribution in [0.25, 0.3) is 0 Å². The van der Waals surface area contributed by atoms with E-state index < -0.39 is 28.1 Å². The summed E-state index contributed by atoms with van der Waals surface area (Å²) in [4.78, 5) is 23.8. The largest absolute Gasteiger partial charge is 0.475 e. The Morgan fingerprint density at radius 3 is 2.75 bits per heavy atom. The molecule has 0 saturated carbocycles. The molecule has 8 nitrogen and oxygen atoms in total. The third-order valence-corrected chi connectivity index (χ3v) is 7.21. The van der Waals surface area contributed by atoms with Crippen LogP contribution in [0.5, 0.6) is 5.75 Å². The zero-order valence-corrected chi connectivity index (χ0v) is 16.9. The molecule has 0 spiro atoms. The summed E-state index contributed by atoms with van der Waals surface area (Å²) in [5, 5.41) is 1.66. The van der Waals surface area contributed by atoms with E-state index >= 15 is 0 Å². The molecule has 10 heteroatoms. The zero-order valence-electron chi connectivity index (χ0n) is 15.3. The highest BCUT2D eigenvalue weighted by molar-refractivity contribution is 7.94. The number of rotatable bonds is 6. The fraction of sp³-hybridized carbons (Fsp3) is 0.333. The molecule has 2 heterocycles. The Balaban J connectivity index is 2.03. The van der Waals surface area contributed by atoms with E-state index in [0.717, 1.165) is 15.6 Å². The van der Waals surface area contributed by atoms with Gasteiger partial charge in [-0.2, -0.15) is 0 Å². The van der Waals surface area contributed by atoms with Crippen LogP contribution in [0.2, 0.25) is 0 Å². The van der Waals surface area contributed by atoms with Gasteiger partial charge in [-0.15, -0.1) is 11.3 Å². The van der Waals surface area contributed by atoms with Crippen molar-refractivity contribution in [1.29, 1.82) is 0 Å². The van der Waals surface area contributed by atoms with E-state index in [1.165, 1.54) is 19.2 Å². The second-order valence-electron chi connectivity index (χ2n) is 5.88. The molecular weight excluding hydrogens is 406 g/mol. The quantitative estimate of drug-likeness (QED) is 0.653. The molecule has 150 valence electrons. The minimum absolute atomic E-state index is 0.00507. The molecule has 1 atom stereocenters. The van der Waals surface area contributed by atoms with Crippen LogP contribution in [0.4, 0.5) is 5.69 Å². The monoisotopic (exact) mass is 425 g/mol. The van der Waals surface area contributed by atoms with Crippen LogP contribution in [0, 0.1) is 0 Å². The van der Waals surface area contributed by atoms with Gasteiger partial charge in [0.15, 0.2) is 0 Å². The molecule has 0 amide bonds. The molecule has 0 aliphatic carbocycles. The molecule has 1 aromatic heterocycles. The van der Waals surface area contributed by atoms with Crippen molar-refractivity contribution in [2.24, 2.45) is 0 Å². The van der Waals surface area contributed by atoms with Crippen LogP contribution in [-0.4, -0.2) is 46.7 Å². The van der Waals surface area contributed by atoms with Crippen LogP contribution in [0.15, 0.2) is 39.9 Å². The summed E-state index contributed by atoms with van der Waals surface area (Å²) in [7, 11) is -2.60. The van der Waals surface area contributed by atoms with E-state index in [1.54, 1.807) is 30.5 Å². The van der Waals surface area contributed by atoms with E-state index in [-0.39, 0.29) is 29.5 Å². The number of thiophene rings is 1. The van der Waals surface area contributed by atoms with Crippen LogP contribution in [0.3, 0.4) is 0 Å². The number of carbonyl (C=O) groups excluding carboxylic acids is 2. The Morgan fingerprint density at radius 1 is 1.32 bits per heavy atom. The van der Waals surface area contributed by atoms with Gasteiger partial charge in [-0.05, 0) is 36.1 Å². The zero-order chi connectivity index (χ0) is 20.3. The fourth-order valence-electron chi connectivity index (χ4n) is 2.75. The van der Waals surface area contributed by atoms with Gasteiger partial charge in [0.2, 0.25) is 6.10 Å². The Morgan fingerprint density at radius 2 is 2.11 bits per heavy atom. The lowest BCUT2D eigenvalue weighted by molar-refractivity contribution is -0.151. The molecule has 0 saturated heterocycles. The second kappa shape index (κ2) is 8.19. The number of sulfonamides is 1.